The van der Waals surface area contributed by atoms with Crippen molar-refractivity contribution in [3.63, 3.8) is 0 Å². The fraction of sp³-hybridized carbons (Fsp3) is 0.211. The quantitative estimate of drug-likeness (QED) is 0.835. The SMILES string of the molecule is CC(=O)C1=C(O)C(=O)N(CCc2ccccc2)C1c1cccnc1Cl. The molecular weight excluding hydrogens is 340 g/mol. The largest absolute Gasteiger partial charge is 0.503 e. The fourth-order valence-electron chi connectivity index (χ4n) is 3.06. The Morgan fingerprint density at radius 2 is 1.96 bits per heavy atom. The number of Topliss-reactive ketones (excluding diaryl/α,β-unsaturated/α-hetero) is 1. The third-order valence-corrected chi connectivity index (χ3v) is 4.57. The number of aliphatic hydroxyl groups excluding tert-OH is 1. The summed E-state index contributed by atoms with van der Waals surface area (Å²) in [6.07, 6.45) is 2.13. The molecule has 1 aromatic carbocycles. The number of amides is 1. The molecule has 0 fully saturated rings. The molecule has 5 nitrogen and oxygen atoms in total. The topological polar surface area (TPSA) is 70.5 Å². The summed E-state index contributed by atoms with van der Waals surface area (Å²) in [6.45, 7) is 1.68. The molecule has 1 N–H and O–H groups in total. The van der Waals surface area contributed by atoms with Gasteiger partial charge in [0.15, 0.2) is 11.5 Å². The summed E-state index contributed by atoms with van der Waals surface area (Å²) < 4.78 is 0. The molecule has 25 heavy (non-hydrogen) atoms. The maximum absolute atomic E-state index is 12.5. The van der Waals surface area contributed by atoms with Gasteiger partial charge < -0.3 is 10.0 Å². The van der Waals surface area contributed by atoms with Crippen LogP contribution in [-0.4, -0.2) is 33.2 Å². The molecule has 1 aliphatic heterocycles. The van der Waals surface area contributed by atoms with Crippen molar-refractivity contribution < 1.29 is 14.7 Å². The zero-order valence-electron chi connectivity index (χ0n) is 13.6. The molecule has 1 amide bonds. The van der Waals surface area contributed by atoms with Crippen LogP contribution in [0.25, 0.3) is 0 Å². The first-order valence-electron chi connectivity index (χ1n) is 7.90. The minimum Gasteiger partial charge on any atom is -0.503 e. The number of nitrogens with zero attached hydrogens (tertiary/aromatic N) is 2. The normalized spacial score (nSPS) is 17.3. The van der Waals surface area contributed by atoms with Gasteiger partial charge in [-0.1, -0.05) is 48.0 Å². The van der Waals surface area contributed by atoms with Crippen molar-refractivity contribution in [2.75, 3.05) is 6.54 Å². The Morgan fingerprint density at radius 1 is 1.24 bits per heavy atom. The highest BCUT2D eigenvalue weighted by Gasteiger charge is 2.43. The molecule has 1 aromatic heterocycles. The number of hydrogen-bond acceptors (Lipinski definition) is 4. The zero-order valence-corrected chi connectivity index (χ0v) is 14.4. The second-order valence-electron chi connectivity index (χ2n) is 5.84. The fourth-order valence-corrected chi connectivity index (χ4v) is 3.29. The van der Waals surface area contributed by atoms with Crippen LogP contribution in [0.5, 0.6) is 0 Å². The lowest BCUT2D eigenvalue weighted by molar-refractivity contribution is -0.129. The van der Waals surface area contributed by atoms with Crippen LogP contribution in [0.3, 0.4) is 0 Å². The number of carbonyl (C=O) groups is 2. The van der Waals surface area contributed by atoms with Crippen molar-refractivity contribution in [2.45, 2.75) is 19.4 Å². The second kappa shape index (κ2) is 7.07. The van der Waals surface area contributed by atoms with Gasteiger partial charge in [-0.05, 0) is 25.0 Å². The Labute approximate surface area is 150 Å². The van der Waals surface area contributed by atoms with E-state index in [2.05, 4.69) is 4.98 Å². The first kappa shape index (κ1) is 17.2. The molecule has 0 saturated heterocycles. The number of pyridine rings is 1. The van der Waals surface area contributed by atoms with Crippen LogP contribution in [0.2, 0.25) is 5.15 Å². The third kappa shape index (κ3) is 3.28. The van der Waals surface area contributed by atoms with Crippen LogP contribution in [0.4, 0.5) is 0 Å². The standard InChI is InChI=1S/C19H17ClN2O3/c1-12(23)15-16(14-8-5-10-21-18(14)20)22(19(25)17(15)24)11-9-13-6-3-2-4-7-13/h2-8,10,16,24H,9,11H2,1H3. The lowest BCUT2D eigenvalue weighted by atomic mass is 9.98. The summed E-state index contributed by atoms with van der Waals surface area (Å²) in [5, 5.41) is 10.4. The predicted octanol–water partition coefficient (Wildman–Crippen LogP) is 3.26. The van der Waals surface area contributed by atoms with Crippen molar-refractivity contribution in [1.82, 2.24) is 9.88 Å². The molecule has 0 radical (unpaired) electrons. The van der Waals surface area contributed by atoms with Gasteiger partial charge in [-0.15, -0.1) is 0 Å². The summed E-state index contributed by atoms with van der Waals surface area (Å²) in [5.74, 6) is -1.44. The minimum absolute atomic E-state index is 0.0629. The van der Waals surface area contributed by atoms with Gasteiger partial charge in [0, 0.05) is 18.3 Å². The molecule has 2 heterocycles. The smallest absolute Gasteiger partial charge is 0.290 e. The Hall–Kier alpha value is -2.66. The van der Waals surface area contributed by atoms with Gasteiger partial charge in [0.25, 0.3) is 5.91 Å². The van der Waals surface area contributed by atoms with E-state index in [1.807, 2.05) is 30.3 Å². The van der Waals surface area contributed by atoms with Gasteiger partial charge >= 0.3 is 0 Å². The molecule has 0 bridgehead atoms. The van der Waals surface area contributed by atoms with Gasteiger partial charge in [-0.3, -0.25) is 9.59 Å². The van der Waals surface area contributed by atoms with Crippen LogP contribution in [-0.2, 0) is 16.0 Å². The number of hydrogen-bond donors (Lipinski definition) is 1. The summed E-state index contributed by atoms with van der Waals surface area (Å²) in [7, 11) is 0. The van der Waals surface area contributed by atoms with E-state index >= 15 is 0 Å². The molecule has 1 atom stereocenters. The highest BCUT2D eigenvalue weighted by Crippen LogP contribution is 2.39. The summed E-state index contributed by atoms with van der Waals surface area (Å²) in [4.78, 5) is 30.1. The number of aromatic nitrogens is 1. The van der Waals surface area contributed by atoms with E-state index < -0.39 is 17.7 Å². The highest BCUT2D eigenvalue weighted by atomic mass is 35.5. The van der Waals surface area contributed by atoms with Gasteiger partial charge in [0.05, 0.1) is 11.6 Å². The van der Waals surface area contributed by atoms with E-state index in [4.69, 9.17) is 11.6 Å². The number of benzene rings is 1. The summed E-state index contributed by atoms with van der Waals surface area (Å²) in [5.41, 5.74) is 1.65. The van der Waals surface area contributed by atoms with Crippen LogP contribution in [0.1, 0.15) is 24.1 Å². The van der Waals surface area contributed by atoms with Crippen molar-refractivity contribution >= 4 is 23.3 Å². The molecule has 6 heteroatoms. The molecule has 128 valence electrons. The van der Waals surface area contributed by atoms with Crippen LogP contribution < -0.4 is 0 Å². The number of carbonyl (C=O) groups excluding carboxylic acids is 2. The predicted molar refractivity (Wildman–Crippen MR) is 94.2 cm³/mol. The molecule has 0 spiro atoms. The van der Waals surface area contributed by atoms with Crippen molar-refractivity contribution in [3.05, 3.63) is 76.3 Å². The highest BCUT2D eigenvalue weighted by molar-refractivity contribution is 6.30. The van der Waals surface area contributed by atoms with Crippen LogP contribution in [0.15, 0.2) is 60.0 Å². The minimum atomic E-state index is -0.727. The summed E-state index contributed by atoms with van der Waals surface area (Å²) >= 11 is 6.19. The Balaban J connectivity index is 1.97. The van der Waals surface area contributed by atoms with Gasteiger partial charge in [0.2, 0.25) is 0 Å². The second-order valence-corrected chi connectivity index (χ2v) is 6.20. The monoisotopic (exact) mass is 356 g/mol. The first-order chi connectivity index (χ1) is 12.0. The number of halogens is 1. The molecule has 1 aliphatic rings. The first-order valence-corrected chi connectivity index (χ1v) is 8.28. The van der Waals surface area contributed by atoms with Crippen LogP contribution >= 0.6 is 11.6 Å². The Kier molecular flexibility index (Phi) is 4.86. The lowest BCUT2D eigenvalue weighted by Gasteiger charge is -2.27. The average molecular weight is 357 g/mol. The van der Waals surface area contributed by atoms with Crippen LogP contribution in [0, 0.1) is 0 Å². The molecule has 1 unspecified atom stereocenters. The molecule has 0 aliphatic carbocycles. The van der Waals surface area contributed by atoms with E-state index in [0.29, 0.717) is 18.5 Å². The lowest BCUT2D eigenvalue weighted by Crippen LogP contribution is -2.33. The van der Waals surface area contributed by atoms with Crippen molar-refractivity contribution in [1.29, 1.82) is 0 Å². The third-order valence-electron chi connectivity index (χ3n) is 4.25. The van der Waals surface area contributed by atoms with E-state index in [-0.39, 0.29) is 16.5 Å². The van der Waals surface area contributed by atoms with Crippen molar-refractivity contribution in [2.24, 2.45) is 0 Å². The van der Waals surface area contributed by atoms with E-state index in [9.17, 15) is 14.7 Å². The zero-order chi connectivity index (χ0) is 18.0. The molecule has 2 aromatic rings. The van der Waals surface area contributed by atoms with Crippen molar-refractivity contribution in [3.8, 4) is 0 Å². The Morgan fingerprint density at radius 3 is 2.60 bits per heavy atom. The average Bonchev–Trinajstić information content (AvgIpc) is 2.85. The summed E-state index contributed by atoms with van der Waals surface area (Å²) in [6, 6.07) is 12.4. The van der Waals surface area contributed by atoms with E-state index in [1.54, 1.807) is 12.1 Å². The molecule has 0 saturated carbocycles. The Bertz CT molecular complexity index is 849. The van der Waals surface area contributed by atoms with Gasteiger partial charge in [-0.2, -0.15) is 0 Å². The van der Waals surface area contributed by atoms with E-state index in [1.165, 1.54) is 18.0 Å². The van der Waals surface area contributed by atoms with Gasteiger partial charge in [0.1, 0.15) is 5.15 Å². The number of aliphatic hydroxyl groups is 1. The molecular formula is C19H17ClN2O3. The maximum Gasteiger partial charge on any atom is 0.290 e. The van der Waals surface area contributed by atoms with E-state index in [0.717, 1.165) is 5.56 Å². The number of ketones is 1. The number of rotatable bonds is 5. The van der Waals surface area contributed by atoms with Gasteiger partial charge in [-0.25, -0.2) is 4.98 Å². The molecule has 3 rings (SSSR count). The maximum atomic E-state index is 12.5.